The summed E-state index contributed by atoms with van der Waals surface area (Å²) in [6, 6.07) is 10.8. The summed E-state index contributed by atoms with van der Waals surface area (Å²) in [4.78, 5) is 4.45. The Bertz CT molecular complexity index is 765. The van der Waals surface area contributed by atoms with Gasteiger partial charge in [-0.3, -0.25) is 0 Å². The van der Waals surface area contributed by atoms with Gasteiger partial charge in [-0.05, 0) is 30.3 Å². The molecule has 5 heteroatoms. The van der Waals surface area contributed by atoms with E-state index in [4.69, 9.17) is 19.6 Å². The van der Waals surface area contributed by atoms with Gasteiger partial charge in [0.1, 0.15) is 17.0 Å². The van der Waals surface area contributed by atoms with Gasteiger partial charge in [-0.2, -0.15) is 0 Å². The highest BCUT2D eigenvalue weighted by Gasteiger charge is 2.12. The zero-order valence-electron chi connectivity index (χ0n) is 11.2. The smallest absolute Gasteiger partial charge is 0.229 e. The first-order chi connectivity index (χ1) is 9.71. The molecule has 102 valence electrons. The maximum Gasteiger partial charge on any atom is 0.229 e. The van der Waals surface area contributed by atoms with E-state index in [2.05, 4.69) is 4.98 Å². The fourth-order valence-electron chi connectivity index (χ4n) is 2.00. The van der Waals surface area contributed by atoms with Crippen molar-refractivity contribution in [2.45, 2.75) is 0 Å². The van der Waals surface area contributed by atoms with Gasteiger partial charge < -0.3 is 19.6 Å². The Morgan fingerprint density at radius 2 is 1.70 bits per heavy atom. The van der Waals surface area contributed by atoms with E-state index in [-0.39, 0.29) is 0 Å². The lowest BCUT2D eigenvalue weighted by molar-refractivity contribution is 0.415. The summed E-state index contributed by atoms with van der Waals surface area (Å²) in [5.41, 5.74) is 8.68. The molecule has 1 heterocycles. The van der Waals surface area contributed by atoms with E-state index in [1.165, 1.54) is 0 Å². The standard InChI is InChI=1S/C15H14N2O3/c1-18-9-3-5-12(16)11(7-9)15-17-13-8-10(19-2)4-6-14(13)20-15/h3-8H,16H2,1-2H3. The molecule has 20 heavy (non-hydrogen) atoms. The summed E-state index contributed by atoms with van der Waals surface area (Å²) in [7, 11) is 3.22. The van der Waals surface area contributed by atoms with Gasteiger partial charge in [0.05, 0.1) is 19.8 Å². The topological polar surface area (TPSA) is 70.5 Å². The monoisotopic (exact) mass is 270 g/mol. The van der Waals surface area contributed by atoms with Gasteiger partial charge in [0.2, 0.25) is 5.89 Å². The fraction of sp³-hybridized carbons (Fsp3) is 0.133. The molecular weight excluding hydrogens is 256 g/mol. The summed E-state index contributed by atoms with van der Waals surface area (Å²) < 4.78 is 16.1. The lowest BCUT2D eigenvalue weighted by Gasteiger charge is -2.04. The number of fused-ring (bicyclic) bond motifs is 1. The Morgan fingerprint density at radius 3 is 2.45 bits per heavy atom. The second-order valence-electron chi connectivity index (χ2n) is 4.31. The molecule has 0 bridgehead atoms. The van der Waals surface area contributed by atoms with Crippen molar-refractivity contribution in [3.8, 4) is 23.0 Å². The average Bonchev–Trinajstić information content (AvgIpc) is 2.90. The van der Waals surface area contributed by atoms with Gasteiger partial charge in [0, 0.05) is 11.8 Å². The van der Waals surface area contributed by atoms with Crippen LogP contribution >= 0.6 is 0 Å². The molecule has 0 unspecified atom stereocenters. The van der Waals surface area contributed by atoms with Crippen LogP contribution in [-0.4, -0.2) is 19.2 Å². The first-order valence-electron chi connectivity index (χ1n) is 6.09. The van der Waals surface area contributed by atoms with E-state index in [0.29, 0.717) is 28.5 Å². The molecule has 0 aliphatic heterocycles. The Morgan fingerprint density at radius 1 is 1.00 bits per heavy atom. The minimum atomic E-state index is 0.463. The second kappa shape index (κ2) is 4.77. The largest absolute Gasteiger partial charge is 0.497 e. The molecule has 2 aromatic carbocycles. The lowest BCUT2D eigenvalue weighted by Crippen LogP contribution is -1.91. The number of aromatic nitrogens is 1. The molecule has 0 amide bonds. The SMILES string of the molecule is COc1ccc(N)c(-c2nc3cc(OC)ccc3o2)c1. The number of oxazole rings is 1. The third kappa shape index (κ3) is 2.03. The molecule has 2 N–H and O–H groups in total. The molecule has 0 spiro atoms. The lowest BCUT2D eigenvalue weighted by atomic mass is 10.1. The van der Waals surface area contributed by atoms with Crippen molar-refractivity contribution in [2.24, 2.45) is 0 Å². The molecule has 0 radical (unpaired) electrons. The van der Waals surface area contributed by atoms with Crippen LogP contribution in [0.3, 0.4) is 0 Å². The predicted octanol–water partition coefficient (Wildman–Crippen LogP) is 3.09. The molecule has 1 aromatic heterocycles. The van der Waals surface area contributed by atoms with Crippen LogP contribution in [0, 0.1) is 0 Å². The van der Waals surface area contributed by atoms with Crippen LogP contribution < -0.4 is 15.2 Å². The van der Waals surface area contributed by atoms with Crippen LogP contribution in [0.15, 0.2) is 40.8 Å². The quantitative estimate of drug-likeness (QED) is 0.740. The number of nitrogen functional groups attached to an aromatic ring is 1. The van der Waals surface area contributed by atoms with Gasteiger partial charge in [-0.1, -0.05) is 0 Å². The average molecular weight is 270 g/mol. The molecular formula is C15H14N2O3. The van der Waals surface area contributed by atoms with E-state index in [1.807, 2.05) is 18.2 Å². The molecule has 0 fully saturated rings. The molecule has 0 aliphatic rings. The van der Waals surface area contributed by atoms with Gasteiger partial charge >= 0.3 is 0 Å². The van der Waals surface area contributed by atoms with E-state index < -0.39 is 0 Å². The number of benzene rings is 2. The van der Waals surface area contributed by atoms with E-state index in [9.17, 15) is 0 Å². The van der Waals surface area contributed by atoms with Crippen molar-refractivity contribution in [1.29, 1.82) is 0 Å². The van der Waals surface area contributed by atoms with Crippen LogP contribution in [0.1, 0.15) is 0 Å². The van der Waals surface area contributed by atoms with Crippen molar-refractivity contribution in [3.63, 3.8) is 0 Å². The number of nitrogens with two attached hydrogens (primary N) is 1. The van der Waals surface area contributed by atoms with Gasteiger partial charge in [0.15, 0.2) is 5.58 Å². The van der Waals surface area contributed by atoms with Crippen LogP contribution in [0.25, 0.3) is 22.6 Å². The van der Waals surface area contributed by atoms with Gasteiger partial charge in [0.25, 0.3) is 0 Å². The Labute approximate surface area is 115 Å². The van der Waals surface area contributed by atoms with E-state index in [0.717, 1.165) is 11.3 Å². The Balaban J connectivity index is 2.14. The second-order valence-corrected chi connectivity index (χ2v) is 4.31. The maximum absolute atomic E-state index is 5.97. The van der Waals surface area contributed by atoms with Crippen molar-refractivity contribution < 1.29 is 13.9 Å². The summed E-state index contributed by atoms with van der Waals surface area (Å²) in [5, 5.41) is 0. The third-order valence-electron chi connectivity index (χ3n) is 3.09. The third-order valence-corrected chi connectivity index (χ3v) is 3.09. The number of methoxy groups -OCH3 is 2. The van der Waals surface area contributed by atoms with Gasteiger partial charge in [-0.25, -0.2) is 4.98 Å². The first kappa shape index (κ1) is 12.3. The Hall–Kier alpha value is -2.69. The van der Waals surface area contributed by atoms with Crippen molar-refractivity contribution >= 4 is 16.8 Å². The molecule has 0 saturated carbocycles. The number of rotatable bonds is 3. The summed E-state index contributed by atoms with van der Waals surface area (Å²) in [5.74, 6) is 1.90. The van der Waals surface area contributed by atoms with Crippen LogP contribution in [0.4, 0.5) is 5.69 Å². The summed E-state index contributed by atoms with van der Waals surface area (Å²) >= 11 is 0. The minimum Gasteiger partial charge on any atom is -0.497 e. The number of hydrogen-bond acceptors (Lipinski definition) is 5. The van der Waals surface area contributed by atoms with E-state index >= 15 is 0 Å². The summed E-state index contributed by atoms with van der Waals surface area (Å²) in [6.45, 7) is 0. The van der Waals surface area contributed by atoms with Crippen molar-refractivity contribution in [1.82, 2.24) is 4.98 Å². The molecule has 5 nitrogen and oxygen atoms in total. The number of ether oxygens (including phenoxy) is 2. The maximum atomic E-state index is 5.97. The van der Waals surface area contributed by atoms with Crippen LogP contribution in [0.2, 0.25) is 0 Å². The van der Waals surface area contributed by atoms with Gasteiger partial charge in [-0.15, -0.1) is 0 Å². The first-order valence-corrected chi connectivity index (χ1v) is 6.09. The number of hydrogen-bond donors (Lipinski definition) is 1. The van der Waals surface area contributed by atoms with E-state index in [1.54, 1.807) is 32.4 Å². The minimum absolute atomic E-state index is 0.463. The molecule has 3 aromatic rings. The molecule has 0 atom stereocenters. The van der Waals surface area contributed by atoms with Crippen LogP contribution in [0.5, 0.6) is 11.5 Å². The normalized spacial score (nSPS) is 10.7. The zero-order chi connectivity index (χ0) is 14.1. The number of anilines is 1. The van der Waals surface area contributed by atoms with Crippen molar-refractivity contribution in [3.05, 3.63) is 36.4 Å². The summed E-state index contributed by atoms with van der Waals surface area (Å²) in [6.07, 6.45) is 0. The van der Waals surface area contributed by atoms with Crippen molar-refractivity contribution in [2.75, 3.05) is 20.0 Å². The fourth-order valence-corrected chi connectivity index (χ4v) is 2.00. The molecule has 0 saturated heterocycles. The highest BCUT2D eigenvalue weighted by molar-refractivity contribution is 5.81. The van der Waals surface area contributed by atoms with Crippen LogP contribution in [-0.2, 0) is 0 Å². The predicted molar refractivity (Wildman–Crippen MR) is 77.0 cm³/mol. The molecule has 0 aliphatic carbocycles. The zero-order valence-corrected chi connectivity index (χ0v) is 11.2. The highest BCUT2D eigenvalue weighted by atomic mass is 16.5. The molecule has 3 rings (SSSR count). The Kier molecular flexibility index (Phi) is 2.95. The highest BCUT2D eigenvalue weighted by Crippen LogP contribution is 2.32. The number of nitrogens with zero attached hydrogens (tertiary/aromatic N) is 1.